The quantitative estimate of drug-likeness (QED) is 0.929. The van der Waals surface area contributed by atoms with Crippen molar-refractivity contribution in [3.63, 3.8) is 0 Å². The Bertz CT molecular complexity index is 672. The lowest BCUT2D eigenvalue weighted by Crippen LogP contribution is -2.32. The average Bonchev–Trinajstić information content (AvgIpc) is 2.90. The van der Waals surface area contributed by atoms with Crippen molar-refractivity contribution in [3.05, 3.63) is 53.3 Å². The van der Waals surface area contributed by atoms with Gasteiger partial charge in [-0.2, -0.15) is 13.2 Å². The standard InChI is InChI=1S/C16H18F3N3O2/c1-15(2,3)12-10-22(21-13(12)16(17,18)19)24-14(23)20-9-11-7-5-4-6-8-11/h4-8,10H,9H2,1-3H3,(H,20,23). The number of nitrogens with one attached hydrogen (secondary N) is 1. The van der Waals surface area contributed by atoms with Crippen LogP contribution in [0.25, 0.3) is 0 Å². The van der Waals surface area contributed by atoms with Crippen LogP contribution in [0.3, 0.4) is 0 Å². The normalized spacial score (nSPS) is 12.1. The van der Waals surface area contributed by atoms with Crippen LogP contribution in [0.1, 0.15) is 37.6 Å². The summed E-state index contributed by atoms with van der Waals surface area (Å²) in [6.45, 7) is 5.07. The third-order valence-corrected chi connectivity index (χ3v) is 3.23. The van der Waals surface area contributed by atoms with Crippen LogP contribution >= 0.6 is 0 Å². The average molecular weight is 341 g/mol. The third kappa shape index (κ3) is 4.50. The van der Waals surface area contributed by atoms with Crippen LogP contribution in [0.2, 0.25) is 0 Å². The van der Waals surface area contributed by atoms with Gasteiger partial charge in [-0.1, -0.05) is 55.9 Å². The molecule has 1 N–H and O–H groups in total. The number of amides is 1. The first-order valence-corrected chi connectivity index (χ1v) is 7.25. The molecular weight excluding hydrogens is 323 g/mol. The van der Waals surface area contributed by atoms with Gasteiger partial charge >= 0.3 is 12.3 Å². The van der Waals surface area contributed by atoms with Gasteiger partial charge in [-0.15, -0.1) is 5.10 Å². The summed E-state index contributed by atoms with van der Waals surface area (Å²) < 4.78 is 39.2. The number of alkyl halides is 3. The molecule has 0 aliphatic heterocycles. The van der Waals surface area contributed by atoms with Crippen molar-refractivity contribution in [2.45, 2.75) is 38.9 Å². The summed E-state index contributed by atoms with van der Waals surface area (Å²) in [4.78, 5) is 17.1. The van der Waals surface area contributed by atoms with Crippen molar-refractivity contribution in [2.75, 3.05) is 0 Å². The maximum absolute atomic E-state index is 13.1. The SMILES string of the molecule is CC(C)(C)c1cn(OC(=O)NCc2ccccc2)nc1C(F)(F)F. The maximum Gasteiger partial charge on any atom is 0.435 e. The summed E-state index contributed by atoms with van der Waals surface area (Å²) in [5.41, 5.74) is -1.08. The number of benzene rings is 1. The van der Waals surface area contributed by atoms with Gasteiger partial charge in [-0.3, -0.25) is 4.84 Å². The predicted octanol–water partition coefficient (Wildman–Crippen LogP) is 3.54. The maximum atomic E-state index is 13.1. The van der Waals surface area contributed by atoms with Gasteiger partial charge in [0.05, 0.1) is 6.20 Å². The Morgan fingerprint density at radius 2 is 1.83 bits per heavy atom. The second-order valence-corrected chi connectivity index (χ2v) is 6.26. The van der Waals surface area contributed by atoms with E-state index in [1.54, 1.807) is 45.0 Å². The Kier molecular flexibility index (Phi) is 4.86. The fraction of sp³-hybridized carbons (Fsp3) is 0.375. The fourth-order valence-electron chi connectivity index (χ4n) is 2.05. The minimum absolute atomic E-state index is 0.0501. The van der Waals surface area contributed by atoms with Gasteiger partial charge in [0.25, 0.3) is 0 Å². The zero-order valence-electron chi connectivity index (χ0n) is 13.5. The summed E-state index contributed by atoms with van der Waals surface area (Å²) in [6, 6.07) is 9.04. The molecule has 0 unspecified atom stereocenters. The first-order valence-electron chi connectivity index (χ1n) is 7.25. The highest BCUT2D eigenvalue weighted by molar-refractivity contribution is 5.67. The number of rotatable bonds is 3. The second kappa shape index (κ2) is 6.54. The Balaban J connectivity index is 2.09. The number of hydrogen-bond acceptors (Lipinski definition) is 3. The molecule has 0 aliphatic carbocycles. The van der Waals surface area contributed by atoms with Gasteiger partial charge in [0.15, 0.2) is 5.69 Å². The molecule has 0 fully saturated rings. The van der Waals surface area contributed by atoms with E-state index in [1.165, 1.54) is 0 Å². The van der Waals surface area contributed by atoms with Gasteiger partial charge in [0.2, 0.25) is 0 Å². The van der Waals surface area contributed by atoms with Gasteiger partial charge in [-0.05, 0) is 11.0 Å². The largest absolute Gasteiger partial charge is 0.435 e. The molecule has 0 saturated heterocycles. The second-order valence-electron chi connectivity index (χ2n) is 6.26. The van der Waals surface area contributed by atoms with Crippen molar-refractivity contribution in [2.24, 2.45) is 0 Å². The van der Waals surface area contributed by atoms with Crippen molar-refractivity contribution in [3.8, 4) is 0 Å². The summed E-state index contributed by atoms with van der Waals surface area (Å²) >= 11 is 0. The van der Waals surface area contributed by atoms with E-state index >= 15 is 0 Å². The van der Waals surface area contributed by atoms with E-state index in [2.05, 4.69) is 10.4 Å². The zero-order valence-corrected chi connectivity index (χ0v) is 13.5. The third-order valence-electron chi connectivity index (χ3n) is 3.23. The van der Waals surface area contributed by atoms with Crippen LogP contribution < -0.4 is 10.2 Å². The van der Waals surface area contributed by atoms with E-state index in [-0.39, 0.29) is 12.1 Å². The molecule has 0 aliphatic rings. The highest BCUT2D eigenvalue weighted by Gasteiger charge is 2.40. The summed E-state index contributed by atoms with van der Waals surface area (Å²) in [5, 5.41) is 5.80. The van der Waals surface area contributed by atoms with Crippen LogP contribution in [0.5, 0.6) is 0 Å². The van der Waals surface area contributed by atoms with Crippen LogP contribution in [0.15, 0.2) is 36.5 Å². The lowest BCUT2D eigenvalue weighted by molar-refractivity contribution is -0.143. The summed E-state index contributed by atoms with van der Waals surface area (Å²) in [7, 11) is 0. The van der Waals surface area contributed by atoms with Crippen LogP contribution in [-0.2, 0) is 18.1 Å². The number of nitrogens with zero attached hydrogens (tertiary/aromatic N) is 2. The molecule has 1 amide bonds. The van der Waals surface area contributed by atoms with Gasteiger partial charge in [0, 0.05) is 12.1 Å². The zero-order chi connectivity index (χ0) is 18.0. The topological polar surface area (TPSA) is 56.1 Å². The van der Waals surface area contributed by atoms with Gasteiger partial charge in [-0.25, -0.2) is 4.79 Å². The molecule has 0 spiro atoms. The summed E-state index contributed by atoms with van der Waals surface area (Å²) in [6.07, 6.45) is -4.45. The minimum Gasteiger partial charge on any atom is -0.316 e. The molecule has 2 aromatic rings. The van der Waals surface area contributed by atoms with Crippen molar-refractivity contribution in [1.29, 1.82) is 0 Å². The lowest BCUT2D eigenvalue weighted by atomic mass is 9.87. The van der Waals surface area contributed by atoms with E-state index in [4.69, 9.17) is 4.84 Å². The van der Waals surface area contributed by atoms with Gasteiger partial charge < -0.3 is 5.32 Å². The van der Waals surface area contributed by atoms with E-state index < -0.39 is 23.4 Å². The molecule has 8 heteroatoms. The molecule has 130 valence electrons. The number of carbonyl (C=O) groups excluding carboxylic acids is 1. The molecule has 5 nitrogen and oxygen atoms in total. The molecule has 1 heterocycles. The van der Waals surface area contributed by atoms with E-state index in [0.717, 1.165) is 11.8 Å². The highest BCUT2D eigenvalue weighted by atomic mass is 19.4. The first kappa shape index (κ1) is 17.8. The number of aromatic nitrogens is 2. The molecule has 24 heavy (non-hydrogen) atoms. The smallest absolute Gasteiger partial charge is 0.316 e. The Morgan fingerprint density at radius 3 is 2.33 bits per heavy atom. The lowest BCUT2D eigenvalue weighted by Gasteiger charge is -2.18. The molecule has 0 atom stereocenters. The molecule has 2 rings (SSSR count). The Labute approximate surface area is 137 Å². The fourth-order valence-corrected chi connectivity index (χ4v) is 2.05. The van der Waals surface area contributed by atoms with Gasteiger partial charge in [0.1, 0.15) is 0 Å². The molecule has 1 aromatic heterocycles. The molecule has 0 saturated carbocycles. The number of carbonyl (C=O) groups is 1. The Morgan fingerprint density at radius 1 is 1.21 bits per heavy atom. The number of halogens is 3. The molecule has 0 bridgehead atoms. The first-order chi connectivity index (χ1) is 11.1. The van der Waals surface area contributed by atoms with Crippen LogP contribution in [0.4, 0.5) is 18.0 Å². The van der Waals surface area contributed by atoms with E-state index in [1.807, 2.05) is 6.07 Å². The summed E-state index contributed by atoms with van der Waals surface area (Å²) in [5.74, 6) is 0. The van der Waals surface area contributed by atoms with Crippen molar-refractivity contribution >= 4 is 6.09 Å². The molecular formula is C16H18F3N3O2. The van der Waals surface area contributed by atoms with Crippen molar-refractivity contribution in [1.82, 2.24) is 15.3 Å². The Hall–Kier alpha value is -2.51. The monoisotopic (exact) mass is 341 g/mol. The van der Waals surface area contributed by atoms with Crippen molar-refractivity contribution < 1.29 is 22.8 Å². The molecule has 1 aromatic carbocycles. The molecule has 0 radical (unpaired) electrons. The predicted molar refractivity (Wildman–Crippen MR) is 81.2 cm³/mol. The van der Waals surface area contributed by atoms with E-state index in [0.29, 0.717) is 4.85 Å². The highest BCUT2D eigenvalue weighted by Crippen LogP contribution is 2.36. The number of hydrogen-bond donors (Lipinski definition) is 1. The van der Waals surface area contributed by atoms with Crippen LogP contribution in [0, 0.1) is 0 Å². The minimum atomic E-state index is -4.63. The van der Waals surface area contributed by atoms with E-state index in [9.17, 15) is 18.0 Å². The van der Waals surface area contributed by atoms with Crippen LogP contribution in [-0.4, -0.2) is 16.0 Å².